The van der Waals surface area contributed by atoms with Crippen molar-refractivity contribution in [1.29, 1.82) is 0 Å². The van der Waals surface area contributed by atoms with Crippen LogP contribution in [0, 0.1) is 0 Å². The summed E-state index contributed by atoms with van der Waals surface area (Å²) in [5.74, 6) is -0.844. The van der Waals surface area contributed by atoms with Crippen molar-refractivity contribution in [2.24, 2.45) is 0 Å². The second kappa shape index (κ2) is 8.22. The number of nitrogens with zero attached hydrogens (tertiary/aromatic N) is 1. The highest BCUT2D eigenvalue weighted by atomic mass is 35.5. The number of aliphatic carboxylic acids is 1. The predicted molar refractivity (Wildman–Crippen MR) is 79.0 cm³/mol. The molecule has 2 aromatic rings. The number of rotatable bonds is 5. The Labute approximate surface area is 131 Å². The van der Waals surface area contributed by atoms with Gasteiger partial charge in [0.1, 0.15) is 0 Å². The minimum atomic E-state index is -0.844. The van der Waals surface area contributed by atoms with Gasteiger partial charge < -0.3 is 17.5 Å². The molecule has 1 aromatic carbocycles. The molecular weight excluding hydrogens is 286 g/mol. The summed E-state index contributed by atoms with van der Waals surface area (Å²) in [4.78, 5) is 10.8. The van der Waals surface area contributed by atoms with Gasteiger partial charge in [-0.25, -0.2) is 4.79 Å². The van der Waals surface area contributed by atoms with E-state index in [9.17, 15) is 4.79 Å². The zero-order valence-corrected chi connectivity index (χ0v) is 12.6. The summed E-state index contributed by atoms with van der Waals surface area (Å²) < 4.78 is 1.71. The quantitative estimate of drug-likeness (QED) is 0.777. The Morgan fingerprint density at radius 2 is 1.86 bits per heavy atom. The minimum absolute atomic E-state index is 0. The van der Waals surface area contributed by atoms with Crippen molar-refractivity contribution >= 4 is 18.1 Å². The third-order valence-electron chi connectivity index (χ3n) is 3.12. The lowest BCUT2D eigenvalue weighted by Gasteiger charge is -1.98. The molecule has 0 spiro atoms. The normalized spacial score (nSPS) is 10.3. The molecule has 1 aromatic heterocycles. The van der Waals surface area contributed by atoms with Crippen LogP contribution in [0.4, 0.5) is 0 Å². The molecule has 0 aliphatic carbocycles. The van der Waals surface area contributed by atoms with E-state index in [0.717, 1.165) is 17.7 Å². The highest BCUT2D eigenvalue weighted by Gasteiger charge is 2.10. The lowest BCUT2D eigenvalue weighted by atomic mass is 10.1. The summed E-state index contributed by atoms with van der Waals surface area (Å²) in [5, 5.41) is 8.89. The molecule has 0 saturated heterocycles. The van der Waals surface area contributed by atoms with E-state index in [2.05, 4.69) is 31.2 Å². The van der Waals surface area contributed by atoms with Crippen molar-refractivity contribution in [2.75, 3.05) is 0 Å². The zero-order valence-electron chi connectivity index (χ0n) is 11.9. The van der Waals surface area contributed by atoms with Crippen LogP contribution in [0.25, 0.3) is 12.2 Å². The van der Waals surface area contributed by atoms with Gasteiger partial charge in [0.2, 0.25) is 12.2 Å². The highest BCUT2D eigenvalue weighted by molar-refractivity contribution is 5.68. The van der Waals surface area contributed by atoms with E-state index >= 15 is 0 Å². The SMILES string of the molecule is CCc1ccc(/C=C/c2cccc[n+]2CC(=O)O)cc1.[Cl-]. The van der Waals surface area contributed by atoms with Gasteiger partial charge >= 0.3 is 5.97 Å². The third-order valence-corrected chi connectivity index (χ3v) is 3.12. The first-order valence-electron chi connectivity index (χ1n) is 6.66. The van der Waals surface area contributed by atoms with Gasteiger partial charge in [0.15, 0.2) is 6.20 Å². The number of carboxylic acid groups (broad SMARTS) is 1. The molecular formula is C17H18ClNO2. The summed E-state index contributed by atoms with van der Waals surface area (Å²) in [6, 6.07) is 14.0. The Bertz CT molecular complexity index is 621. The number of hydrogen-bond donors (Lipinski definition) is 1. The molecule has 110 valence electrons. The number of halogens is 1. The highest BCUT2D eigenvalue weighted by Crippen LogP contribution is 2.08. The maximum absolute atomic E-state index is 10.8. The first-order chi connectivity index (χ1) is 9.69. The van der Waals surface area contributed by atoms with Gasteiger partial charge in [-0.1, -0.05) is 31.2 Å². The van der Waals surface area contributed by atoms with Crippen molar-refractivity contribution in [3.8, 4) is 0 Å². The molecule has 21 heavy (non-hydrogen) atoms. The van der Waals surface area contributed by atoms with Crippen LogP contribution < -0.4 is 17.0 Å². The molecule has 0 aliphatic heterocycles. The summed E-state index contributed by atoms with van der Waals surface area (Å²) >= 11 is 0. The summed E-state index contributed by atoms with van der Waals surface area (Å²) in [6.45, 7) is 2.10. The van der Waals surface area contributed by atoms with Gasteiger partial charge in [-0.3, -0.25) is 0 Å². The molecule has 0 fully saturated rings. The molecule has 0 atom stereocenters. The molecule has 0 radical (unpaired) electrons. The van der Waals surface area contributed by atoms with E-state index in [1.54, 1.807) is 10.8 Å². The molecule has 0 unspecified atom stereocenters. The van der Waals surface area contributed by atoms with Crippen molar-refractivity contribution in [1.82, 2.24) is 0 Å². The second-order valence-electron chi connectivity index (χ2n) is 4.58. The number of hydrogen-bond acceptors (Lipinski definition) is 1. The smallest absolute Gasteiger partial charge is 0.370 e. The van der Waals surface area contributed by atoms with Gasteiger partial charge in [-0.05, 0) is 29.7 Å². The minimum Gasteiger partial charge on any atom is -1.00 e. The van der Waals surface area contributed by atoms with Gasteiger partial charge in [0.25, 0.3) is 0 Å². The van der Waals surface area contributed by atoms with Crippen LogP contribution >= 0.6 is 0 Å². The number of aryl methyl sites for hydroxylation is 1. The van der Waals surface area contributed by atoms with E-state index in [0.29, 0.717) is 0 Å². The van der Waals surface area contributed by atoms with Crippen molar-refractivity contribution in [3.63, 3.8) is 0 Å². The van der Waals surface area contributed by atoms with Crippen LogP contribution in [0.3, 0.4) is 0 Å². The zero-order chi connectivity index (χ0) is 14.4. The van der Waals surface area contributed by atoms with E-state index in [1.807, 2.05) is 30.4 Å². The number of carboxylic acids is 1. The van der Waals surface area contributed by atoms with Crippen LogP contribution in [0.15, 0.2) is 48.7 Å². The van der Waals surface area contributed by atoms with Crippen LogP contribution in [0.2, 0.25) is 0 Å². The van der Waals surface area contributed by atoms with Crippen molar-refractivity contribution < 1.29 is 26.9 Å². The Hall–Kier alpha value is -2.13. The van der Waals surface area contributed by atoms with Gasteiger partial charge in [0.05, 0.1) is 0 Å². The van der Waals surface area contributed by atoms with E-state index < -0.39 is 5.97 Å². The number of aromatic nitrogens is 1. The number of pyridine rings is 1. The first-order valence-corrected chi connectivity index (χ1v) is 6.66. The van der Waals surface area contributed by atoms with Gasteiger partial charge in [-0.2, -0.15) is 4.57 Å². The summed E-state index contributed by atoms with van der Waals surface area (Å²) in [7, 11) is 0. The Kier molecular flexibility index (Phi) is 6.63. The Balaban J connectivity index is 0.00000220. The topological polar surface area (TPSA) is 41.2 Å². The van der Waals surface area contributed by atoms with E-state index in [-0.39, 0.29) is 19.0 Å². The first kappa shape index (κ1) is 16.9. The third kappa shape index (κ3) is 5.04. The monoisotopic (exact) mass is 303 g/mol. The van der Waals surface area contributed by atoms with Crippen LogP contribution in [0.1, 0.15) is 23.7 Å². The average molecular weight is 304 g/mol. The second-order valence-corrected chi connectivity index (χ2v) is 4.58. The largest absolute Gasteiger partial charge is 1.00 e. The fraction of sp³-hybridized carbons (Fsp3) is 0.176. The van der Waals surface area contributed by atoms with Crippen molar-refractivity contribution in [3.05, 3.63) is 65.5 Å². The maximum Gasteiger partial charge on any atom is 0.370 e. The van der Waals surface area contributed by atoms with Crippen LogP contribution in [0.5, 0.6) is 0 Å². The van der Waals surface area contributed by atoms with Crippen LogP contribution in [-0.2, 0) is 17.8 Å². The van der Waals surface area contributed by atoms with E-state index in [1.165, 1.54) is 5.56 Å². The summed E-state index contributed by atoms with van der Waals surface area (Å²) in [6.07, 6.45) is 6.73. The molecule has 0 bridgehead atoms. The van der Waals surface area contributed by atoms with E-state index in [4.69, 9.17) is 5.11 Å². The maximum atomic E-state index is 10.8. The fourth-order valence-electron chi connectivity index (χ4n) is 1.98. The molecule has 1 heterocycles. The lowest BCUT2D eigenvalue weighted by molar-refractivity contribution is -0.687. The lowest BCUT2D eigenvalue weighted by Crippen LogP contribution is -3.00. The Morgan fingerprint density at radius 3 is 2.48 bits per heavy atom. The predicted octanol–water partition coefficient (Wildman–Crippen LogP) is -0.204. The molecule has 0 amide bonds. The molecule has 1 N–H and O–H groups in total. The summed E-state index contributed by atoms with van der Waals surface area (Å²) in [5.41, 5.74) is 3.28. The standard InChI is InChI=1S/C17H17NO2.ClH/c1-2-14-6-8-15(9-7-14)10-11-16-5-3-4-12-18(16)13-17(19)20;/h3-12H,2,13H2,1H3;1H/b11-10+;. The van der Waals surface area contributed by atoms with Crippen LogP contribution in [-0.4, -0.2) is 11.1 Å². The fourth-order valence-corrected chi connectivity index (χ4v) is 1.98. The molecule has 2 rings (SSSR count). The molecule has 4 heteroatoms. The Morgan fingerprint density at radius 1 is 1.14 bits per heavy atom. The average Bonchev–Trinajstić information content (AvgIpc) is 2.46. The van der Waals surface area contributed by atoms with Gasteiger partial charge in [-0.15, -0.1) is 0 Å². The molecule has 0 aliphatic rings. The van der Waals surface area contributed by atoms with Crippen molar-refractivity contribution in [2.45, 2.75) is 19.9 Å². The molecule has 0 saturated carbocycles. The number of benzene rings is 1. The van der Waals surface area contributed by atoms with Gasteiger partial charge in [0, 0.05) is 18.2 Å². The number of carbonyl (C=O) groups is 1. The molecule has 3 nitrogen and oxygen atoms in total.